The van der Waals surface area contributed by atoms with Gasteiger partial charge < -0.3 is 16.0 Å². The van der Waals surface area contributed by atoms with Gasteiger partial charge in [0.25, 0.3) is 0 Å². The zero-order valence-electron chi connectivity index (χ0n) is 13.3. The van der Waals surface area contributed by atoms with Crippen molar-refractivity contribution in [3.8, 4) is 0 Å². The fraction of sp³-hybridized carbons (Fsp3) is 0.467. The van der Waals surface area contributed by atoms with Crippen LogP contribution < -0.4 is 16.0 Å². The van der Waals surface area contributed by atoms with Crippen LogP contribution in [0.4, 0.5) is 5.69 Å². The molecule has 1 amide bonds. The van der Waals surface area contributed by atoms with E-state index in [0.717, 1.165) is 11.3 Å². The molecule has 128 valence electrons. The van der Waals surface area contributed by atoms with Gasteiger partial charge in [-0.05, 0) is 30.8 Å². The fourth-order valence-electron chi connectivity index (χ4n) is 1.55. The molecule has 0 aliphatic carbocycles. The van der Waals surface area contributed by atoms with Crippen LogP contribution in [0.15, 0.2) is 24.3 Å². The molecule has 1 aromatic rings. The van der Waals surface area contributed by atoms with Crippen LogP contribution in [0.3, 0.4) is 0 Å². The Morgan fingerprint density at radius 1 is 1.13 bits per heavy atom. The fourth-order valence-corrected chi connectivity index (χ4v) is 2.11. The number of benzene rings is 1. The zero-order valence-corrected chi connectivity index (χ0v) is 16.4. The van der Waals surface area contributed by atoms with Crippen LogP contribution in [-0.4, -0.2) is 21.0 Å². The molecule has 0 radical (unpaired) electrons. The van der Waals surface area contributed by atoms with E-state index in [1.807, 2.05) is 31.2 Å². The van der Waals surface area contributed by atoms with E-state index in [4.69, 9.17) is 47.0 Å². The summed E-state index contributed by atoms with van der Waals surface area (Å²) in [5.41, 5.74) is 1.22. The van der Waals surface area contributed by atoms with Crippen molar-refractivity contribution >= 4 is 63.7 Å². The Morgan fingerprint density at radius 3 is 2.17 bits per heavy atom. The van der Waals surface area contributed by atoms with E-state index in [-0.39, 0.29) is 11.0 Å². The Bertz CT molecular complexity index is 582. The number of anilines is 1. The molecular weight excluding hydrogens is 377 g/mol. The Labute approximate surface area is 157 Å². The zero-order chi connectivity index (χ0) is 17.8. The Hall–Kier alpha value is -0.750. The minimum atomic E-state index is -1.77. The van der Waals surface area contributed by atoms with Crippen LogP contribution in [-0.2, 0) is 4.79 Å². The van der Waals surface area contributed by atoms with Crippen LogP contribution in [0.1, 0.15) is 26.3 Å². The lowest BCUT2D eigenvalue weighted by atomic mass is 9.95. The smallest absolute Gasteiger partial charge is 0.228 e. The van der Waals surface area contributed by atoms with Gasteiger partial charge in [0.05, 0.1) is 0 Å². The molecular formula is C15H20Cl3N3OS. The quantitative estimate of drug-likeness (QED) is 0.408. The Morgan fingerprint density at radius 2 is 1.70 bits per heavy atom. The summed E-state index contributed by atoms with van der Waals surface area (Å²) < 4.78 is -1.77. The highest BCUT2D eigenvalue weighted by atomic mass is 35.6. The predicted octanol–water partition coefficient (Wildman–Crippen LogP) is 4.14. The minimum absolute atomic E-state index is 0.241. The number of hydrogen-bond acceptors (Lipinski definition) is 2. The van der Waals surface area contributed by atoms with Gasteiger partial charge in [0.2, 0.25) is 9.70 Å². The van der Waals surface area contributed by atoms with Gasteiger partial charge >= 0.3 is 0 Å². The van der Waals surface area contributed by atoms with E-state index < -0.39 is 15.4 Å². The second-order valence-electron chi connectivity index (χ2n) is 6.11. The number of aryl methyl sites for hydroxylation is 1. The summed E-state index contributed by atoms with van der Waals surface area (Å²) in [5.74, 6) is -0.264. The largest absolute Gasteiger partial charge is 0.339 e. The highest BCUT2D eigenvalue weighted by Crippen LogP contribution is 2.30. The van der Waals surface area contributed by atoms with E-state index in [1.165, 1.54) is 0 Å². The molecule has 23 heavy (non-hydrogen) atoms. The minimum Gasteiger partial charge on any atom is -0.339 e. The third-order valence-electron chi connectivity index (χ3n) is 2.95. The van der Waals surface area contributed by atoms with Gasteiger partial charge in [0.15, 0.2) is 5.11 Å². The van der Waals surface area contributed by atoms with Gasteiger partial charge in [-0.25, -0.2) is 0 Å². The second kappa shape index (κ2) is 7.88. The number of nitrogens with one attached hydrogen (secondary N) is 3. The number of thiocarbonyl (C=S) groups is 1. The van der Waals surface area contributed by atoms with Crippen molar-refractivity contribution in [2.24, 2.45) is 5.41 Å². The maximum absolute atomic E-state index is 12.1. The average Bonchev–Trinajstić information content (AvgIpc) is 2.38. The first-order chi connectivity index (χ1) is 10.4. The number of para-hydroxylation sites is 1. The van der Waals surface area contributed by atoms with Crippen molar-refractivity contribution in [1.29, 1.82) is 0 Å². The highest BCUT2D eigenvalue weighted by Gasteiger charge is 2.36. The van der Waals surface area contributed by atoms with Gasteiger partial charge in [-0.15, -0.1) is 0 Å². The third kappa shape index (κ3) is 6.71. The number of hydrogen-bond donors (Lipinski definition) is 3. The number of carbonyl (C=O) groups is 1. The van der Waals surface area contributed by atoms with Gasteiger partial charge in [-0.2, -0.15) is 0 Å². The van der Waals surface area contributed by atoms with Gasteiger partial charge in [-0.3, -0.25) is 4.79 Å². The number of halogens is 3. The highest BCUT2D eigenvalue weighted by molar-refractivity contribution is 7.80. The number of alkyl halides is 3. The molecule has 0 heterocycles. The summed E-state index contributed by atoms with van der Waals surface area (Å²) in [5, 5.41) is 8.74. The average molecular weight is 397 g/mol. The molecule has 0 aliphatic heterocycles. The summed E-state index contributed by atoms with van der Waals surface area (Å²) >= 11 is 23.1. The molecule has 8 heteroatoms. The first kappa shape index (κ1) is 20.3. The van der Waals surface area contributed by atoms with E-state index in [0.29, 0.717) is 0 Å². The first-order valence-corrected chi connectivity index (χ1v) is 8.46. The topological polar surface area (TPSA) is 53.2 Å². The van der Waals surface area contributed by atoms with Crippen molar-refractivity contribution in [2.45, 2.75) is 37.7 Å². The van der Waals surface area contributed by atoms with E-state index in [9.17, 15) is 4.79 Å². The van der Waals surface area contributed by atoms with Crippen molar-refractivity contribution in [2.75, 3.05) is 5.32 Å². The lowest BCUT2D eigenvalue weighted by molar-refractivity contribution is -0.129. The van der Waals surface area contributed by atoms with Crippen LogP contribution in [0.25, 0.3) is 0 Å². The Balaban J connectivity index is 2.80. The van der Waals surface area contributed by atoms with Crippen LogP contribution in [0, 0.1) is 12.3 Å². The molecule has 0 spiro atoms. The van der Waals surface area contributed by atoms with E-state index in [1.54, 1.807) is 20.8 Å². The number of carbonyl (C=O) groups excluding carboxylic acids is 1. The molecule has 1 atom stereocenters. The predicted molar refractivity (Wildman–Crippen MR) is 102 cm³/mol. The maximum Gasteiger partial charge on any atom is 0.228 e. The molecule has 0 fully saturated rings. The van der Waals surface area contributed by atoms with Crippen molar-refractivity contribution in [3.05, 3.63) is 29.8 Å². The summed E-state index contributed by atoms with van der Waals surface area (Å²) in [6, 6.07) is 7.62. The standard InChI is InChI=1S/C15H20Cl3N3OS/c1-9-7-5-6-8-10(9)19-13(23)21-11(15(16,17)18)20-12(22)14(2,3)4/h5-8,11H,1-4H3,(H,20,22)(H2,19,21,23)/t11-/m0/s1. The van der Waals surface area contributed by atoms with Crippen molar-refractivity contribution in [3.63, 3.8) is 0 Å². The second-order valence-corrected chi connectivity index (χ2v) is 8.89. The van der Waals surface area contributed by atoms with E-state index >= 15 is 0 Å². The van der Waals surface area contributed by atoms with Crippen molar-refractivity contribution in [1.82, 2.24) is 10.6 Å². The molecule has 0 aromatic heterocycles. The summed E-state index contributed by atoms with van der Waals surface area (Å²) in [6.07, 6.45) is -0.969. The van der Waals surface area contributed by atoms with Gasteiger partial charge in [0.1, 0.15) is 6.17 Å². The molecule has 1 aromatic carbocycles. The van der Waals surface area contributed by atoms with E-state index in [2.05, 4.69) is 16.0 Å². The van der Waals surface area contributed by atoms with Crippen LogP contribution in [0.2, 0.25) is 0 Å². The normalized spacial score (nSPS) is 13.2. The van der Waals surface area contributed by atoms with Crippen LogP contribution in [0.5, 0.6) is 0 Å². The number of rotatable bonds is 3. The van der Waals surface area contributed by atoms with Gasteiger partial charge in [0, 0.05) is 11.1 Å². The summed E-state index contributed by atoms with van der Waals surface area (Å²) in [4.78, 5) is 12.1. The lowest BCUT2D eigenvalue weighted by Gasteiger charge is -2.30. The number of amides is 1. The lowest BCUT2D eigenvalue weighted by Crippen LogP contribution is -2.58. The van der Waals surface area contributed by atoms with Crippen molar-refractivity contribution < 1.29 is 4.79 Å². The Kier molecular flexibility index (Phi) is 6.95. The molecule has 0 aliphatic rings. The van der Waals surface area contributed by atoms with Crippen LogP contribution >= 0.6 is 47.0 Å². The molecule has 0 saturated carbocycles. The maximum atomic E-state index is 12.1. The molecule has 4 nitrogen and oxygen atoms in total. The first-order valence-electron chi connectivity index (χ1n) is 6.92. The summed E-state index contributed by atoms with van der Waals surface area (Å²) in [6.45, 7) is 7.24. The molecule has 1 rings (SSSR count). The molecule has 0 unspecified atom stereocenters. The summed E-state index contributed by atoms with van der Waals surface area (Å²) in [7, 11) is 0. The SMILES string of the molecule is Cc1ccccc1NC(=S)N[C@H](NC(=O)C(C)(C)C)C(Cl)(Cl)Cl. The monoisotopic (exact) mass is 395 g/mol. The van der Waals surface area contributed by atoms with Gasteiger partial charge in [-0.1, -0.05) is 73.8 Å². The molecule has 0 saturated heterocycles. The molecule has 0 bridgehead atoms. The third-order valence-corrected chi connectivity index (χ3v) is 3.83. The molecule has 3 N–H and O–H groups in total.